The number of thiazole rings is 1. The van der Waals surface area contributed by atoms with Gasteiger partial charge in [0.25, 0.3) is 0 Å². The summed E-state index contributed by atoms with van der Waals surface area (Å²) in [5, 5.41) is 1.02. The minimum absolute atomic E-state index is 0.747. The summed E-state index contributed by atoms with van der Waals surface area (Å²) >= 11 is 1.52. The van der Waals surface area contributed by atoms with Crippen LogP contribution in [-0.4, -0.2) is 11.3 Å². The van der Waals surface area contributed by atoms with Crippen LogP contribution >= 0.6 is 11.3 Å². The summed E-state index contributed by atoms with van der Waals surface area (Å²) in [4.78, 5) is 16.2. The lowest BCUT2D eigenvalue weighted by Gasteiger charge is -2.25. The molecule has 0 atom stereocenters. The first-order chi connectivity index (χ1) is 7.69. The zero-order chi connectivity index (χ0) is 11.5. The maximum absolute atomic E-state index is 10.9. The van der Waals surface area contributed by atoms with Crippen LogP contribution in [0.3, 0.4) is 0 Å². The average molecular weight is 237 g/mol. The van der Waals surface area contributed by atoms with E-state index in [2.05, 4.69) is 11.9 Å². The quantitative estimate of drug-likeness (QED) is 0.751. The van der Waals surface area contributed by atoms with Crippen molar-refractivity contribution in [1.29, 1.82) is 0 Å². The Labute approximate surface area is 101 Å². The van der Waals surface area contributed by atoms with E-state index in [9.17, 15) is 4.79 Å². The largest absolute Gasteiger partial charge is 0.297 e. The highest BCUT2D eigenvalue weighted by atomic mass is 32.1. The second-order valence-electron chi connectivity index (χ2n) is 4.99. The van der Waals surface area contributed by atoms with Crippen LogP contribution in [0.4, 0.5) is 0 Å². The van der Waals surface area contributed by atoms with Gasteiger partial charge in [-0.2, -0.15) is 0 Å². The van der Waals surface area contributed by atoms with Gasteiger partial charge in [-0.15, -0.1) is 11.3 Å². The lowest BCUT2D eigenvalue weighted by Crippen LogP contribution is -2.15. The molecule has 1 aliphatic rings. The fraction of sp³-hybridized carbons (Fsp3) is 0.692. The highest BCUT2D eigenvalue weighted by molar-refractivity contribution is 7.13. The van der Waals surface area contributed by atoms with E-state index >= 15 is 0 Å². The zero-order valence-electron chi connectivity index (χ0n) is 10.0. The average Bonchev–Trinajstić information content (AvgIpc) is 2.62. The Morgan fingerprint density at radius 1 is 1.38 bits per heavy atom. The van der Waals surface area contributed by atoms with Gasteiger partial charge in [0.15, 0.2) is 6.29 Å². The number of nitrogens with zero attached hydrogens (tertiary/aromatic N) is 1. The van der Waals surface area contributed by atoms with Crippen molar-refractivity contribution in [2.75, 3.05) is 0 Å². The summed E-state index contributed by atoms with van der Waals surface area (Å²) < 4.78 is 0. The molecule has 1 fully saturated rings. The van der Waals surface area contributed by atoms with E-state index in [1.54, 1.807) is 0 Å². The van der Waals surface area contributed by atoms with Gasteiger partial charge in [0.2, 0.25) is 0 Å². The van der Waals surface area contributed by atoms with Gasteiger partial charge in [0.05, 0.1) is 15.6 Å². The molecule has 0 amide bonds. The van der Waals surface area contributed by atoms with Gasteiger partial charge in [0, 0.05) is 0 Å². The van der Waals surface area contributed by atoms with Crippen LogP contribution in [0.1, 0.15) is 53.0 Å². The minimum atomic E-state index is 0.747. The molecule has 0 bridgehead atoms. The summed E-state index contributed by atoms with van der Waals surface area (Å²) in [5.41, 5.74) is 1.04. The highest BCUT2D eigenvalue weighted by Gasteiger charge is 2.20. The second-order valence-corrected chi connectivity index (χ2v) is 6.23. The standard InChI is InChI=1S/C13H19NOS/c1-9-3-5-11(6-4-9)7-12-13(8-15)16-10(2)14-12/h8-9,11H,3-7H2,1-2H3. The molecule has 0 radical (unpaired) electrons. The molecule has 0 aliphatic heterocycles. The number of rotatable bonds is 3. The molecule has 2 rings (SSSR count). The Bertz CT molecular complexity index is 364. The van der Waals surface area contributed by atoms with E-state index < -0.39 is 0 Å². The number of hydrogen-bond donors (Lipinski definition) is 0. The van der Waals surface area contributed by atoms with Crippen LogP contribution in [0, 0.1) is 18.8 Å². The molecule has 1 aromatic rings. The van der Waals surface area contributed by atoms with E-state index in [4.69, 9.17) is 0 Å². The fourth-order valence-electron chi connectivity index (χ4n) is 2.53. The predicted molar refractivity (Wildman–Crippen MR) is 67.1 cm³/mol. The molecule has 2 nitrogen and oxygen atoms in total. The van der Waals surface area contributed by atoms with Gasteiger partial charge >= 0.3 is 0 Å². The highest BCUT2D eigenvalue weighted by Crippen LogP contribution is 2.31. The van der Waals surface area contributed by atoms with E-state index in [0.29, 0.717) is 0 Å². The van der Waals surface area contributed by atoms with Gasteiger partial charge in [-0.25, -0.2) is 4.98 Å². The minimum Gasteiger partial charge on any atom is -0.297 e. The SMILES string of the molecule is Cc1nc(CC2CCC(C)CC2)c(C=O)s1. The molecule has 1 saturated carbocycles. The molecule has 0 saturated heterocycles. The number of aryl methyl sites for hydroxylation is 1. The monoisotopic (exact) mass is 237 g/mol. The lowest BCUT2D eigenvalue weighted by atomic mass is 9.81. The van der Waals surface area contributed by atoms with E-state index in [0.717, 1.165) is 40.1 Å². The molecule has 0 aromatic carbocycles. The first-order valence-corrected chi connectivity index (χ1v) is 6.92. The van der Waals surface area contributed by atoms with Gasteiger partial charge in [-0.05, 0) is 38.0 Å². The van der Waals surface area contributed by atoms with Crippen LogP contribution in [0.2, 0.25) is 0 Å². The number of aromatic nitrogens is 1. The van der Waals surface area contributed by atoms with Crippen molar-refractivity contribution in [3.63, 3.8) is 0 Å². The fourth-order valence-corrected chi connectivity index (χ4v) is 3.30. The van der Waals surface area contributed by atoms with Crippen molar-refractivity contribution in [3.8, 4) is 0 Å². The second kappa shape index (κ2) is 5.09. The molecule has 0 spiro atoms. The number of aldehydes is 1. The van der Waals surface area contributed by atoms with Crippen molar-refractivity contribution in [2.24, 2.45) is 11.8 Å². The number of carbonyl (C=O) groups excluding carboxylic acids is 1. The molecule has 0 N–H and O–H groups in total. The summed E-state index contributed by atoms with van der Waals surface area (Å²) in [6.45, 7) is 4.31. The molecular weight excluding hydrogens is 218 g/mol. The molecule has 1 aliphatic carbocycles. The first kappa shape index (κ1) is 11.8. The first-order valence-electron chi connectivity index (χ1n) is 6.10. The summed E-state index contributed by atoms with van der Waals surface area (Å²) in [5.74, 6) is 1.63. The van der Waals surface area contributed by atoms with Gasteiger partial charge < -0.3 is 0 Å². The predicted octanol–water partition coefficient (Wildman–Crippen LogP) is 3.63. The Hall–Kier alpha value is -0.700. The van der Waals surface area contributed by atoms with Crippen molar-refractivity contribution < 1.29 is 4.79 Å². The van der Waals surface area contributed by atoms with E-state index in [1.807, 2.05) is 6.92 Å². The third kappa shape index (κ3) is 2.70. The van der Waals surface area contributed by atoms with Crippen LogP contribution in [0.5, 0.6) is 0 Å². The zero-order valence-corrected chi connectivity index (χ0v) is 10.8. The van der Waals surface area contributed by atoms with Crippen LogP contribution in [0.15, 0.2) is 0 Å². The summed E-state index contributed by atoms with van der Waals surface area (Å²) in [7, 11) is 0. The van der Waals surface area contributed by atoms with Gasteiger partial charge in [-0.1, -0.05) is 19.8 Å². The van der Waals surface area contributed by atoms with Crippen molar-refractivity contribution >= 4 is 17.6 Å². The molecular formula is C13H19NOS. The van der Waals surface area contributed by atoms with Gasteiger partial charge in [0.1, 0.15) is 0 Å². The molecule has 0 unspecified atom stereocenters. The van der Waals surface area contributed by atoms with E-state index in [1.165, 1.54) is 37.0 Å². The Kier molecular flexibility index (Phi) is 3.74. The number of carbonyl (C=O) groups is 1. The smallest absolute Gasteiger partial charge is 0.161 e. The maximum Gasteiger partial charge on any atom is 0.161 e. The molecule has 16 heavy (non-hydrogen) atoms. The maximum atomic E-state index is 10.9. The normalized spacial score (nSPS) is 25.6. The third-order valence-corrected chi connectivity index (χ3v) is 4.50. The molecule has 1 heterocycles. The van der Waals surface area contributed by atoms with Crippen molar-refractivity contribution in [1.82, 2.24) is 4.98 Å². The number of hydrogen-bond acceptors (Lipinski definition) is 3. The lowest BCUT2D eigenvalue weighted by molar-refractivity contribution is 0.112. The van der Waals surface area contributed by atoms with Crippen LogP contribution < -0.4 is 0 Å². The Balaban J connectivity index is 2.00. The summed E-state index contributed by atoms with van der Waals surface area (Å²) in [6.07, 6.45) is 7.25. The van der Waals surface area contributed by atoms with Crippen molar-refractivity contribution in [3.05, 3.63) is 15.6 Å². The Morgan fingerprint density at radius 2 is 2.06 bits per heavy atom. The van der Waals surface area contributed by atoms with Gasteiger partial charge in [-0.3, -0.25) is 4.79 Å². The van der Waals surface area contributed by atoms with Crippen LogP contribution in [-0.2, 0) is 6.42 Å². The topological polar surface area (TPSA) is 30.0 Å². The molecule has 1 aromatic heterocycles. The van der Waals surface area contributed by atoms with Crippen LogP contribution in [0.25, 0.3) is 0 Å². The van der Waals surface area contributed by atoms with E-state index in [-0.39, 0.29) is 0 Å². The molecule has 88 valence electrons. The van der Waals surface area contributed by atoms with Crippen molar-refractivity contribution in [2.45, 2.75) is 46.0 Å². The molecule has 3 heteroatoms. The summed E-state index contributed by atoms with van der Waals surface area (Å²) in [6, 6.07) is 0. The third-order valence-electron chi connectivity index (χ3n) is 3.56. The Morgan fingerprint density at radius 3 is 2.69 bits per heavy atom.